The molecular weight excluding hydrogens is 220 g/mol. The molecule has 0 saturated carbocycles. The molecular formula is C7H12N4OS2. The van der Waals surface area contributed by atoms with Crippen LogP contribution in [0.25, 0.3) is 0 Å². The second-order valence-electron chi connectivity index (χ2n) is 2.60. The van der Waals surface area contributed by atoms with Crippen molar-refractivity contribution >= 4 is 29.1 Å². The fraction of sp³-hybridized carbons (Fsp3) is 0.571. The molecule has 0 bridgehead atoms. The zero-order valence-corrected chi connectivity index (χ0v) is 9.22. The van der Waals surface area contributed by atoms with Crippen LogP contribution in [-0.2, 0) is 0 Å². The van der Waals surface area contributed by atoms with Crippen molar-refractivity contribution in [3.05, 3.63) is 6.33 Å². The zero-order chi connectivity index (χ0) is 10.2. The molecule has 0 amide bonds. The summed E-state index contributed by atoms with van der Waals surface area (Å²) >= 11 is 3.09. The molecule has 14 heavy (non-hydrogen) atoms. The van der Waals surface area contributed by atoms with Crippen LogP contribution in [0, 0.1) is 0 Å². The number of nitrogens with two attached hydrogens (primary N) is 1. The Morgan fingerprint density at radius 1 is 1.64 bits per heavy atom. The van der Waals surface area contributed by atoms with E-state index >= 15 is 0 Å². The lowest BCUT2D eigenvalue weighted by molar-refractivity contribution is 0.316. The van der Waals surface area contributed by atoms with Crippen LogP contribution in [0.2, 0.25) is 0 Å². The molecule has 78 valence electrons. The molecule has 0 spiro atoms. The van der Waals surface area contributed by atoms with E-state index < -0.39 is 0 Å². The topological polar surface area (TPSA) is 84.4 Å². The summed E-state index contributed by atoms with van der Waals surface area (Å²) in [5, 5.41) is 11.2. The van der Waals surface area contributed by atoms with Crippen LogP contribution >= 0.6 is 23.3 Å². The number of hydrogen-bond acceptors (Lipinski definition) is 6. The minimum atomic E-state index is 0.297. The van der Waals surface area contributed by atoms with Crippen LogP contribution in [0.4, 0.5) is 0 Å². The van der Waals surface area contributed by atoms with Gasteiger partial charge >= 0.3 is 0 Å². The fourth-order valence-corrected chi connectivity index (χ4v) is 2.36. The van der Waals surface area contributed by atoms with E-state index in [9.17, 15) is 0 Å². The highest BCUT2D eigenvalue weighted by atomic mass is 32.2. The molecule has 0 unspecified atom stereocenters. The van der Waals surface area contributed by atoms with Gasteiger partial charge in [-0.3, -0.25) is 0 Å². The number of oxime groups is 1. The number of rotatable bonds is 6. The fourth-order valence-electron chi connectivity index (χ4n) is 0.844. The smallest absolute Gasteiger partial charge is 0.169 e. The van der Waals surface area contributed by atoms with Gasteiger partial charge in [-0.15, -0.1) is 0 Å². The maximum atomic E-state index is 8.28. The van der Waals surface area contributed by atoms with Gasteiger partial charge in [0.1, 0.15) is 12.2 Å². The summed E-state index contributed by atoms with van der Waals surface area (Å²) < 4.78 is 4.89. The molecule has 3 N–H and O–H groups in total. The lowest BCUT2D eigenvalue weighted by atomic mass is 10.2. The monoisotopic (exact) mass is 232 g/mol. The van der Waals surface area contributed by atoms with Crippen molar-refractivity contribution in [1.29, 1.82) is 0 Å². The molecule has 0 atom stereocenters. The van der Waals surface area contributed by atoms with E-state index in [2.05, 4.69) is 14.5 Å². The van der Waals surface area contributed by atoms with Gasteiger partial charge in [0.2, 0.25) is 0 Å². The van der Waals surface area contributed by atoms with E-state index in [0.717, 1.165) is 22.9 Å². The predicted molar refractivity (Wildman–Crippen MR) is 57.9 cm³/mol. The number of aromatic nitrogens is 2. The lowest BCUT2D eigenvalue weighted by Crippen LogP contribution is -2.10. The molecule has 0 aliphatic carbocycles. The van der Waals surface area contributed by atoms with Gasteiger partial charge in [-0.1, -0.05) is 16.9 Å². The Labute approximate surface area is 90.6 Å². The molecule has 1 aromatic rings. The molecule has 1 aromatic heterocycles. The van der Waals surface area contributed by atoms with Crippen molar-refractivity contribution in [2.75, 3.05) is 5.75 Å². The Bertz CT molecular complexity index is 275. The van der Waals surface area contributed by atoms with E-state index in [1.807, 2.05) is 0 Å². The lowest BCUT2D eigenvalue weighted by Gasteiger charge is -1.97. The van der Waals surface area contributed by atoms with Crippen LogP contribution < -0.4 is 5.73 Å². The first kappa shape index (κ1) is 11.3. The maximum absolute atomic E-state index is 8.28. The van der Waals surface area contributed by atoms with Crippen molar-refractivity contribution in [2.24, 2.45) is 10.9 Å². The Morgan fingerprint density at radius 2 is 2.50 bits per heavy atom. The van der Waals surface area contributed by atoms with Crippen LogP contribution in [0.3, 0.4) is 0 Å². The Balaban J connectivity index is 2.00. The molecule has 0 radical (unpaired) electrons. The van der Waals surface area contributed by atoms with Gasteiger partial charge in [-0.05, 0) is 24.4 Å². The maximum Gasteiger partial charge on any atom is 0.169 e. The second kappa shape index (κ2) is 6.61. The first-order valence-electron chi connectivity index (χ1n) is 4.19. The van der Waals surface area contributed by atoms with E-state index in [0.29, 0.717) is 12.3 Å². The first-order chi connectivity index (χ1) is 6.83. The SMILES string of the molecule is NC(CCCCSc1ncns1)=NO. The molecule has 0 aliphatic rings. The molecule has 0 aromatic carbocycles. The number of nitrogens with zero attached hydrogens (tertiary/aromatic N) is 3. The third kappa shape index (κ3) is 4.43. The summed E-state index contributed by atoms with van der Waals surface area (Å²) in [4.78, 5) is 4.05. The van der Waals surface area contributed by atoms with Crippen LogP contribution in [0.5, 0.6) is 0 Å². The summed E-state index contributed by atoms with van der Waals surface area (Å²) in [6.45, 7) is 0. The summed E-state index contributed by atoms with van der Waals surface area (Å²) in [5.41, 5.74) is 5.32. The highest BCUT2D eigenvalue weighted by Gasteiger charge is 1.98. The number of unbranched alkanes of at least 4 members (excludes halogenated alkanes) is 1. The van der Waals surface area contributed by atoms with E-state index in [-0.39, 0.29) is 0 Å². The minimum absolute atomic E-state index is 0.297. The molecule has 1 rings (SSSR count). The van der Waals surface area contributed by atoms with Gasteiger partial charge in [0.05, 0.1) is 0 Å². The van der Waals surface area contributed by atoms with Gasteiger partial charge in [-0.25, -0.2) is 4.98 Å². The largest absolute Gasteiger partial charge is 0.409 e. The van der Waals surface area contributed by atoms with Gasteiger partial charge in [-0.2, -0.15) is 4.37 Å². The van der Waals surface area contributed by atoms with Gasteiger partial charge in [0, 0.05) is 12.2 Å². The van der Waals surface area contributed by atoms with E-state index in [4.69, 9.17) is 10.9 Å². The number of hydrogen-bond donors (Lipinski definition) is 2. The van der Waals surface area contributed by atoms with E-state index in [1.54, 1.807) is 18.1 Å². The van der Waals surface area contributed by atoms with Crippen molar-refractivity contribution in [3.8, 4) is 0 Å². The third-order valence-corrected chi connectivity index (χ3v) is 3.41. The molecule has 0 fully saturated rings. The normalized spacial score (nSPS) is 11.9. The highest BCUT2D eigenvalue weighted by Crippen LogP contribution is 2.19. The summed E-state index contributed by atoms with van der Waals surface area (Å²) in [6, 6.07) is 0. The average molecular weight is 232 g/mol. The second-order valence-corrected chi connectivity index (χ2v) is 4.73. The first-order valence-corrected chi connectivity index (χ1v) is 5.94. The summed E-state index contributed by atoms with van der Waals surface area (Å²) in [7, 11) is 0. The van der Waals surface area contributed by atoms with E-state index in [1.165, 1.54) is 11.5 Å². The Kier molecular flexibility index (Phi) is 5.31. The third-order valence-electron chi connectivity index (χ3n) is 1.52. The highest BCUT2D eigenvalue weighted by molar-refractivity contribution is 8.00. The minimum Gasteiger partial charge on any atom is -0.409 e. The van der Waals surface area contributed by atoms with Crippen LogP contribution in [0.1, 0.15) is 19.3 Å². The molecule has 1 heterocycles. The van der Waals surface area contributed by atoms with Crippen molar-refractivity contribution in [3.63, 3.8) is 0 Å². The van der Waals surface area contributed by atoms with Crippen molar-refractivity contribution in [2.45, 2.75) is 23.6 Å². The Hall–Kier alpha value is -0.820. The molecule has 0 aliphatic heterocycles. The van der Waals surface area contributed by atoms with Crippen LogP contribution in [0.15, 0.2) is 15.8 Å². The van der Waals surface area contributed by atoms with Crippen molar-refractivity contribution < 1.29 is 5.21 Å². The molecule has 7 heteroatoms. The summed E-state index contributed by atoms with van der Waals surface area (Å²) in [6.07, 6.45) is 4.17. The summed E-state index contributed by atoms with van der Waals surface area (Å²) in [5.74, 6) is 1.29. The molecule has 5 nitrogen and oxygen atoms in total. The number of thioether (sulfide) groups is 1. The van der Waals surface area contributed by atoms with Gasteiger partial charge in [0.25, 0.3) is 0 Å². The molecule has 0 saturated heterocycles. The average Bonchev–Trinajstić information content (AvgIpc) is 2.69. The number of amidine groups is 1. The van der Waals surface area contributed by atoms with Crippen molar-refractivity contribution in [1.82, 2.24) is 9.36 Å². The Morgan fingerprint density at radius 3 is 3.14 bits per heavy atom. The van der Waals surface area contributed by atoms with Gasteiger partial charge in [0.15, 0.2) is 4.34 Å². The van der Waals surface area contributed by atoms with Gasteiger partial charge < -0.3 is 10.9 Å². The predicted octanol–water partition coefficient (Wildman–Crippen LogP) is 1.55. The van der Waals surface area contributed by atoms with Crippen LogP contribution in [-0.4, -0.2) is 26.2 Å². The quantitative estimate of drug-likeness (QED) is 0.194. The zero-order valence-electron chi connectivity index (χ0n) is 7.59. The standard InChI is InChI=1S/C7H12N4OS2/c8-6(11-12)3-1-2-4-13-7-9-5-10-14-7/h5,12H,1-4H2,(H2,8,11).